The minimum atomic E-state index is -0.420. The Kier molecular flexibility index (Phi) is 4.88. The zero-order valence-electron chi connectivity index (χ0n) is 12.4. The average Bonchev–Trinajstić information content (AvgIpc) is 2.50. The second-order valence-corrected chi connectivity index (χ2v) is 4.90. The number of amides is 2. The maximum Gasteiger partial charge on any atom is 0.255 e. The highest BCUT2D eigenvalue weighted by molar-refractivity contribution is 6.04. The predicted octanol–water partition coefficient (Wildman–Crippen LogP) is 3.73. The Hall–Kier alpha value is -2.69. The van der Waals surface area contributed by atoms with Gasteiger partial charge in [-0.1, -0.05) is 19.1 Å². The van der Waals surface area contributed by atoms with Crippen LogP contribution in [-0.4, -0.2) is 11.8 Å². The highest BCUT2D eigenvalue weighted by atomic mass is 19.1. The summed E-state index contributed by atoms with van der Waals surface area (Å²) in [6, 6.07) is 11.1. The molecule has 2 rings (SSSR count). The summed E-state index contributed by atoms with van der Waals surface area (Å²) in [5.74, 6) is -0.932. The number of anilines is 2. The number of rotatable bonds is 4. The van der Waals surface area contributed by atoms with E-state index in [9.17, 15) is 14.0 Å². The van der Waals surface area contributed by atoms with Crippen molar-refractivity contribution in [2.24, 2.45) is 0 Å². The molecule has 114 valence electrons. The van der Waals surface area contributed by atoms with E-state index in [1.165, 1.54) is 6.07 Å². The first-order chi connectivity index (χ1) is 10.5. The van der Waals surface area contributed by atoms with Crippen LogP contribution in [0.15, 0.2) is 42.5 Å². The van der Waals surface area contributed by atoms with Crippen molar-refractivity contribution in [3.05, 3.63) is 59.4 Å². The fourth-order valence-electron chi connectivity index (χ4n) is 1.86. The average molecular weight is 300 g/mol. The summed E-state index contributed by atoms with van der Waals surface area (Å²) in [6.07, 6.45) is 0.374. The van der Waals surface area contributed by atoms with Crippen LogP contribution in [0.5, 0.6) is 0 Å². The molecule has 2 aromatic carbocycles. The van der Waals surface area contributed by atoms with Crippen molar-refractivity contribution in [3.63, 3.8) is 0 Å². The predicted molar refractivity (Wildman–Crippen MR) is 84.5 cm³/mol. The van der Waals surface area contributed by atoms with Gasteiger partial charge in [-0.3, -0.25) is 9.59 Å². The zero-order valence-corrected chi connectivity index (χ0v) is 12.4. The van der Waals surface area contributed by atoms with Crippen LogP contribution in [0, 0.1) is 12.7 Å². The second kappa shape index (κ2) is 6.85. The quantitative estimate of drug-likeness (QED) is 0.903. The fourth-order valence-corrected chi connectivity index (χ4v) is 1.86. The molecule has 0 atom stereocenters. The molecule has 0 spiro atoms. The molecule has 0 fully saturated rings. The monoisotopic (exact) mass is 300 g/mol. The summed E-state index contributed by atoms with van der Waals surface area (Å²) in [5.41, 5.74) is 1.85. The summed E-state index contributed by atoms with van der Waals surface area (Å²) < 4.78 is 13.5. The third-order valence-electron chi connectivity index (χ3n) is 3.16. The van der Waals surface area contributed by atoms with Crippen molar-refractivity contribution in [2.75, 3.05) is 10.6 Å². The maximum absolute atomic E-state index is 13.5. The number of hydrogen-bond donors (Lipinski definition) is 2. The number of carbonyl (C=O) groups is 2. The smallest absolute Gasteiger partial charge is 0.255 e. The lowest BCUT2D eigenvalue weighted by molar-refractivity contribution is -0.115. The van der Waals surface area contributed by atoms with Gasteiger partial charge in [0.05, 0.1) is 0 Å². The number of hydrogen-bond acceptors (Lipinski definition) is 2. The number of benzene rings is 2. The molecule has 4 nitrogen and oxygen atoms in total. The molecule has 0 heterocycles. The van der Waals surface area contributed by atoms with E-state index in [0.29, 0.717) is 23.4 Å². The van der Waals surface area contributed by atoms with Crippen molar-refractivity contribution in [2.45, 2.75) is 20.3 Å². The Morgan fingerprint density at radius 2 is 1.73 bits per heavy atom. The lowest BCUT2D eigenvalue weighted by atomic mass is 10.1. The Bertz CT molecular complexity index is 714. The van der Waals surface area contributed by atoms with Gasteiger partial charge < -0.3 is 10.6 Å². The van der Waals surface area contributed by atoms with Gasteiger partial charge in [-0.15, -0.1) is 0 Å². The number of nitrogens with one attached hydrogen (secondary N) is 2. The van der Waals surface area contributed by atoms with Crippen molar-refractivity contribution < 1.29 is 14.0 Å². The third kappa shape index (κ3) is 3.91. The second-order valence-electron chi connectivity index (χ2n) is 4.90. The molecule has 0 unspecified atom stereocenters. The molecular formula is C17H17FN2O2. The molecule has 5 heteroatoms. The van der Waals surface area contributed by atoms with Crippen molar-refractivity contribution in [1.29, 1.82) is 0 Å². The van der Waals surface area contributed by atoms with Gasteiger partial charge in [0.15, 0.2) is 0 Å². The molecule has 2 N–H and O–H groups in total. The van der Waals surface area contributed by atoms with Gasteiger partial charge in [-0.05, 0) is 42.8 Å². The van der Waals surface area contributed by atoms with Crippen molar-refractivity contribution in [1.82, 2.24) is 0 Å². The van der Waals surface area contributed by atoms with Crippen LogP contribution in [-0.2, 0) is 4.79 Å². The van der Waals surface area contributed by atoms with Crippen LogP contribution in [0.25, 0.3) is 0 Å². The molecule has 0 radical (unpaired) electrons. The van der Waals surface area contributed by atoms with E-state index in [4.69, 9.17) is 0 Å². The number of aryl methyl sites for hydroxylation is 1. The van der Waals surface area contributed by atoms with Crippen LogP contribution in [0.2, 0.25) is 0 Å². The van der Waals surface area contributed by atoms with Crippen molar-refractivity contribution in [3.8, 4) is 0 Å². The van der Waals surface area contributed by atoms with Gasteiger partial charge in [0.2, 0.25) is 5.91 Å². The van der Waals surface area contributed by atoms with E-state index < -0.39 is 11.7 Å². The highest BCUT2D eigenvalue weighted by Crippen LogP contribution is 2.17. The molecule has 0 aliphatic heterocycles. The van der Waals surface area contributed by atoms with E-state index >= 15 is 0 Å². The Balaban J connectivity index is 2.12. The van der Waals surface area contributed by atoms with Gasteiger partial charge in [-0.2, -0.15) is 0 Å². The molecular weight excluding hydrogens is 283 g/mol. The third-order valence-corrected chi connectivity index (χ3v) is 3.16. The van der Waals surface area contributed by atoms with Crippen LogP contribution < -0.4 is 10.6 Å². The maximum atomic E-state index is 13.5. The fraction of sp³-hybridized carbons (Fsp3) is 0.176. The van der Waals surface area contributed by atoms with Crippen LogP contribution in [0.1, 0.15) is 29.3 Å². The standard InChI is InChI=1S/C17H17FN2O2/c1-3-16(21)19-13-5-4-6-14(10-13)20-17(22)12-8-7-11(2)15(18)9-12/h4-10H,3H2,1-2H3,(H,19,21)(H,20,22). The molecule has 2 amide bonds. The van der Waals surface area contributed by atoms with E-state index in [1.54, 1.807) is 50.2 Å². The van der Waals surface area contributed by atoms with Gasteiger partial charge in [0.25, 0.3) is 5.91 Å². The largest absolute Gasteiger partial charge is 0.326 e. The number of carbonyl (C=O) groups excluding carboxylic acids is 2. The Labute approximate surface area is 128 Å². The summed E-state index contributed by atoms with van der Waals surface area (Å²) in [6.45, 7) is 3.39. The van der Waals surface area contributed by atoms with Crippen LogP contribution in [0.3, 0.4) is 0 Å². The topological polar surface area (TPSA) is 58.2 Å². The summed E-state index contributed by atoms with van der Waals surface area (Å²) >= 11 is 0. The molecule has 22 heavy (non-hydrogen) atoms. The Morgan fingerprint density at radius 3 is 2.36 bits per heavy atom. The minimum Gasteiger partial charge on any atom is -0.326 e. The zero-order chi connectivity index (χ0) is 16.1. The van der Waals surface area contributed by atoms with E-state index in [2.05, 4.69) is 10.6 Å². The van der Waals surface area contributed by atoms with Gasteiger partial charge >= 0.3 is 0 Å². The SMILES string of the molecule is CCC(=O)Nc1cccc(NC(=O)c2ccc(C)c(F)c2)c1. The first-order valence-electron chi connectivity index (χ1n) is 6.97. The lowest BCUT2D eigenvalue weighted by Crippen LogP contribution is -2.13. The van der Waals surface area contributed by atoms with Crippen LogP contribution in [0.4, 0.5) is 15.8 Å². The first-order valence-corrected chi connectivity index (χ1v) is 6.97. The summed E-state index contributed by atoms with van der Waals surface area (Å²) in [5, 5.41) is 5.39. The van der Waals surface area contributed by atoms with E-state index in [1.807, 2.05) is 0 Å². The molecule has 2 aromatic rings. The van der Waals surface area contributed by atoms with Gasteiger partial charge in [0.1, 0.15) is 5.82 Å². The molecule has 0 saturated carbocycles. The summed E-state index contributed by atoms with van der Waals surface area (Å²) in [7, 11) is 0. The van der Waals surface area contributed by atoms with Crippen molar-refractivity contribution >= 4 is 23.2 Å². The van der Waals surface area contributed by atoms with Crippen LogP contribution >= 0.6 is 0 Å². The van der Waals surface area contributed by atoms with Gasteiger partial charge in [-0.25, -0.2) is 4.39 Å². The molecule has 0 aliphatic carbocycles. The molecule has 0 saturated heterocycles. The van der Waals surface area contributed by atoms with E-state index in [-0.39, 0.29) is 11.5 Å². The molecule has 0 aromatic heterocycles. The first kappa shape index (κ1) is 15.7. The lowest BCUT2D eigenvalue weighted by Gasteiger charge is -2.09. The minimum absolute atomic E-state index is 0.107. The molecule has 0 bridgehead atoms. The number of halogens is 1. The Morgan fingerprint density at radius 1 is 1.05 bits per heavy atom. The van der Waals surface area contributed by atoms with Gasteiger partial charge in [0, 0.05) is 23.4 Å². The van der Waals surface area contributed by atoms with E-state index in [0.717, 1.165) is 0 Å². The summed E-state index contributed by atoms with van der Waals surface area (Å²) in [4.78, 5) is 23.5. The normalized spacial score (nSPS) is 10.1. The highest BCUT2D eigenvalue weighted by Gasteiger charge is 2.09. The molecule has 0 aliphatic rings.